The van der Waals surface area contributed by atoms with Gasteiger partial charge < -0.3 is 9.15 Å². The number of benzene rings is 3. The monoisotopic (exact) mass is 421 g/mol. The van der Waals surface area contributed by atoms with E-state index >= 15 is 0 Å². The molecular weight excluding hydrogens is 398 g/mol. The highest BCUT2D eigenvalue weighted by molar-refractivity contribution is 6.13. The molecule has 5 heteroatoms. The van der Waals surface area contributed by atoms with Gasteiger partial charge in [0.1, 0.15) is 5.75 Å². The molecule has 0 radical (unpaired) electrons. The van der Waals surface area contributed by atoms with Crippen molar-refractivity contribution < 1.29 is 9.15 Å². The molecule has 1 aromatic heterocycles. The molecular formula is C27H23N3O2. The van der Waals surface area contributed by atoms with Crippen molar-refractivity contribution in [3.05, 3.63) is 118 Å². The molecule has 0 saturated heterocycles. The quantitative estimate of drug-likeness (QED) is 0.408. The normalized spacial score (nSPS) is 12.7. The van der Waals surface area contributed by atoms with E-state index in [0.29, 0.717) is 24.6 Å². The van der Waals surface area contributed by atoms with Crippen LogP contribution in [0.25, 0.3) is 6.08 Å². The van der Waals surface area contributed by atoms with Crippen LogP contribution in [0.15, 0.2) is 88.3 Å². The van der Waals surface area contributed by atoms with E-state index in [0.717, 1.165) is 34.7 Å². The minimum atomic E-state index is 0.579. The summed E-state index contributed by atoms with van der Waals surface area (Å²) >= 11 is 0. The first-order valence-electron chi connectivity index (χ1n) is 10.6. The lowest BCUT2D eigenvalue weighted by Crippen LogP contribution is -1.97. The van der Waals surface area contributed by atoms with Gasteiger partial charge in [-0.3, -0.25) is 4.99 Å². The highest BCUT2D eigenvalue weighted by Crippen LogP contribution is 2.23. The number of aliphatic imine (C=N–C) groups is 1. The van der Waals surface area contributed by atoms with Gasteiger partial charge in [-0.15, -0.1) is 10.2 Å². The predicted molar refractivity (Wildman–Crippen MR) is 125 cm³/mol. The van der Waals surface area contributed by atoms with Gasteiger partial charge in [-0.2, -0.15) is 0 Å². The van der Waals surface area contributed by atoms with Crippen LogP contribution in [0, 0.1) is 0 Å². The molecule has 4 aromatic rings. The molecule has 0 fully saturated rings. The molecule has 1 aliphatic heterocycles. The third kappa shape index (κ3) is 4.52. The van der Waals surface area contributed by atoms with Crippen LogP contribution in [0.1, 0.15) is 39.6 Å². The van der Waals surface area contributed by atoms with Crippen LogP contribution in [0.3, 0.4) is 0 Å². The third-order valence-corrected chi connectivity index (χ3v) is 5.46. The number of fused-ring (bicyclic) bond motifs is 1. The number of methoxy groups -OCH3 is 1. The van der Waals surface area contributed by atoms with Crippen molar-refractivity contribution in [1.82, 2.24) is 10.2 Å². The number of hydrogen-bond acceptors (Lipinski definition) is 5. The maximum Gasteiger partial charge on any atom is 0.220 e. The lowest BCUT2D eigenvalue weighted by Gasteiger charge is -2.04. The van der Waals surface area contributed by atoms with E-state index in [4.69, 9.17) is 14.1 Å². The van der Waals surface area contributed by atoms with Crippen LogP contribution in [0.2, 0.25) is 0 Å². The minimum Gasteiger partial charge on any atom is -0.497 e. The Kier molecular flexibility index (Phi) is 5.62. The zero-order valence-electron chi connectivity index (χ0n) is 17.9. The molecule has 5 rings (SSSR count). The first kappa shape index (κ1) is 19.9. The van der Waals surface area contributed by atoms with Gasteiger partial charge in [0.05, 0.1) is 32.2 Å². The predicted octanol–water partition coefficient (Wildman–Crippen LogP) is 5.28. The fourth-order valence-corrected chi connectivity index (χ4v) is 3.81. The Balaban J connectivity index is 1.29. The van der Waals surface area contributed by atoms with Crippen molar-refractivity contribution in [3.8, 4) is 5.75 Å². The molecule has 32 heavy (non-hydrogen) atoms. The highest BCUT2D eigenvalue weighted by atomic mass is 16.5. The van der Waals surface area contributed by atoms with E-state index in [9.17, 15) is 0 Å². The maximum absolute atomic E-state index is 5.91. The molecule has 5 nitrogen and oxygen atoms in total. The van der Waals surface area contributed by atoms with Crippen LogP contribution >= 0.6 is 0 Å². The summed E-state index contributed by atoms with van der Waals surface area (Å²) in [6, 6.07) is 24.6. The van der Waals surface area contributed by atoms with Crippen molar-refractivity contribution in [1.29, 1.82) is 0 Å². The molecule has 0 unspecified atom stereocenters. The number of allylic oxidation sites excluding steroid dienone is 1. The Morgan fingerprint density at radius 3 is 2.41 bits per heavy atom. The van der Waals surface area contributed by atoms with Crippen molar-refractivity contribution >= 4 is 11.8 Å². The summed E-state index contributed by atoms with van der Waals surface area (Å²) in [7, 11) is 1.66. The van der Waals surface area contributed by atoms with E-state index in [1.165, 1.54) is 11.1 Å². The largest absolute Gasteiger partial charge is 0.497 e. The van der Waals surface area contributed by atoms with Gasteiger partial charge in [-0.1, -0.05) is 60.7 Å². The summed E-state index contributed by atoms with van der Waals surface area (Å²) in [5.74, 6) is 2.03. The first-order chi connectivity index (χ1) is 15.8. The van der Waals surface area contributed by atoms with E-state index in [1.54, 1.807) is 7.11 Å². The average Bonchev–Trinajstić information content (AvgIpc) is 3.45. The van der Waals surface area contributed by atoms with E-state index in [1.807, 2.05) is 42.5 Å². The summed E-state index contributed by atoms with van der Waals surface area (Å²) in [5.41, 5.74) is 6.78. The lowest BCUT2D eigenvalue weighted by molar-refractivity contribution is 0.414. The minimum absolute atomic E-state index is 0.579. The molecule has 0 aliphatic carbocycles. The average molecular weight is 422 g/mol. The van der Waals surface area contributed by atoms with Crippen LogP contribution in [0.5, 0.6) is 5.75 Å². The first-order valence-corrected chi connectivity index (χ1v) is 10.6. The highest BCUT2D eigenvalue weighted by Gasteiger charge is 2.15. The number of rotatable bonds is 7. The molecule has 158 valence electrons. The Morgan fingerprint density at radius 1 is 0.844 bits per heavy atom. The summed E-state index contributed by atoms with van der Waals surface area (Å²) in [5, 5.41) is 8.47. The zero-order chi connectivity index (χ0) is 21.8. The van der Waals surface area contributed by atoms with Gasteiger partial charge in [0.25, 0.3) is 0 Å². The standard InChI is InChI=1S/C27H23N3O2/c1-31-23-9-5-8-20(14-23)16-26-29-30-27(32-26)17-21-10-12-22-18-28-25(24(22)15-21)13-11-19-6-3-2-4-7-19/h2-15H,16-18H2,1H3/b13-11+. The summed E-state index contributed by atoms with van der Waals surface area (Å²) < 4.78 is 11.2. The number of nitrogens with zero attached hydrogens (tertiary/aromatic N) is 3. The smallest absolute Gasteiger partial charge is 0.220 e. The molecule has 0 saturated carbocycles. The Hall–Kier alpha value is -3.99. The van der Waals surface area contributed by atoms with Crippen LogP contribution in [-0.2, 0) is 19.4 Å². The Labute approximate surface area is 187 Å². The number of aromatic nitrogens is 2. The second kappa shape index (κ2) is 9.02. The van der Waals surface area contributed by atoms with Gasteiger partial charge in [0.2, 0.25) is 11.8 Å². The Morgan fingerprint density at radius 2 is 1.62 bits per heavy atom. The molecule has 1 aliphatic rings. The maximum atomic E-state index is 5.91. The van der Waals surface area contributed by atoms with Gasteiger partial charge in [0.15, 0.2) is 0 Å². The van der Waals surface area contributed by atoms with Crippen LogP contribution < -0.4 is 4.74 Å². The molecule has 0 bridgehead atoms. The van der Waals surface area contributed by atoms with Crippen molar-refractivity contribution in [3.63, 3.8) is 0 Å². The Bertz CT molecular complexity index is 1290. The van der Waals surface area contributed by atoms with Gasteiger partial charge in [0, 0.05) is 5.56 Å². The van der Waals surface area contributed by atoms with E-state index in [-0.39, 0.29) is 0 Å². The van der Waals surface area contributed by atoms with Crippen molar-refractivity contribution in [2.24, 2.45) is 4.99 Å². The molecule has 3 aromatic carbocycles. The lowest BCUT2D eigenvalue weighted by atomic mass is 10.00. The fourth-order valence-electron chi connectivity index (χ4n) is 3.81. The van der Waals surface area contributed by atoms with Gasteiger partial charge in [-0.25, -0.2) is 0 Å². The molecule has 2 heterocycles. The third-order valence-electron chi connectivity index (χ3n) is 5.46. The fraction of sp³-hybridized carbons (Fsp3) is 0.148. The van der Waals surface area contributed by atoms with E-state index < -0.39 is 0 Å². The number of hydrogen-bond donors (Lipinski definition) is 0. The van der Waals surface area contributed by atoms with Crippen LogP contribution in [-0.4, -0.2) is 23.0 Å². The summed E-state index contributed by atoms with van der Waals surface area (Å²) in [6.07, 6.45) is 5.36. The van der Waals surface area contributed by atoms with Crippen molar-refractivity contribution in [2.75, 3.05) is 7.11 Å². The van der Waals surface area contributed by atoms with Crippen molar-refractivity contribution in [2.45, 2.75) is 19.4 Å². The topological polar surface area (TPSA) is 60.5 Å². The second-order valence-corrected chi connectivity index (χ2v) is 7.73. The van der Waals surface area contributed by atoms with E-state index in [2.05, 4.69) is 52.7 Å². The molecule has 0 N–H and O–H groups in total. The molecule has 0 amide bonds. The van der Waals surface area contributed by atoms with Gasteiger partial charge >= 0.3 is 0 Å². The summed E-state index contributed by atoms with van der Waals surface area (Å²) in [4.78, 5) is 4.70. The SMILES string of the molecule is COc1cccc(Cc2nnc(Cc3ccc4c(c3)C(/C=C/c3ccccc3)=NC4)o2)c1. The number of ether oxygens (including phenoxy) is 1. The zero-order valence-corrected chi connectivity index (χ0v) is 17.9. The second-order valence-electron chi connectivity index (χ2n) is 7.73. The molecule has 0 spiro atoms. The summed E-state index contributed by atoms with van der Waals surface area (Å²) in [6.45, 7) is 0.718. The van der Waals surface area contributed by atoms with Gasteiger partial charge in [-0.05, 0) is 46.5 Å². The molecule has 0 atom stereocenters. The van der Waals surface area contributed by atoms with Crippen LogP contribution in [0.4, 0.5) is 0 Å².